The summed E-state index contributed by atoms with van der Waals surface area (Å²) >= 11 is 0. The Balaban J connectivity index is 1.41. The number of urea groups is 1. The highest BCUT2D eigenvalue weighted by Gasteiger charge is 2.29. The van der Waals surface area contributed by atoms with Crippen LogP contribution in [0.25, 0.3) is 0 Å². The molecule has 3 rings (SSSR count). The first-order valence-corrected chi connectivity index (χ1v) is 9.20. The van der Waals surface area contributed by atoms with Gasteiger partial charge in [0.15, 0.2) is 0 Å². The summed E-state index contributed by atoms with van der Waals surface area (Å²) in [5, 5.41) is 2.49. The van der Waals surface area contributed by atoms with Crippen LogP contribution >= 0.6 is 0 Å². The lowest BCUT2D eigenvalue weighted by Crippen LogP contribution is -2.45. The predicted octanol–water partition coefficient (Wildman–Crippen LogP) is 1.45. The molecule has 0 spiro atoms. The van der Waals surface area contributed by atoms with Crippen molar-refractivity contribution in [3.63, 3.8) is 0 Å². The SMILES string of the molecule is CN(c1ccccc1)C1CCN(C(=O)CCCN2C(=O)CNC2=O)CC1. The Kier molecular flexibility index (Phi) is 5.75. The van der Waals surface area contributed by atoms with Gasteiger partial charge in [0.1, 0.15) is 0 Å². The number of benzene rings is 1. The number of carbonyl (C=O) groups is 3. The first kappa shape index (κ1) is 18.2. The van der Waals surface area contributed by atoms with E-state index < -0.39 is 0 Å². The Morgan fingerprint density at radius 1 is 1.19 bits per heavy atom. The van der Waals surface area contributed by atoms with Gasteiger partial charge in [0.2, 0.25) is 11.8 Å². The highest BCUT2D eigenvalue weighted by molar-refractivity contribution is 6.01. The lowest BCUT2D eigenvalue weighted by atomic mass is 10.0. The van der Waals surface area contributed by atoms with Crippen LogP contribution in [0, 0.1) is 0 Å². The summed E-state index contributed by atoms with van der Waals surface area (Å²) in [6, 6.07) is 10.4. The van der Waals surface area contributed by atoms with E-state index in [0.29, 0.717) is 25.4 Å². The molecule has 7 heteroatoms. The first-order valence-electron chi connectivity index (χ1n) is 9.20. The normalized spacial score (nSPS) is 18.2. The van der Waals surface area contributed by atoms with E-state index in [9.17, 15) is 14.4 Å². The molecule has 2 heterocycles. The molecule has 0 radical (unpaired) electrons. The average molecular weight is 358 g/mol. The lowest BCUT2D eigenvalue weighted by molar-refractivity contribution is -0.133. The smallest absolute Gasteiger partial charge is 0.324 e. The monoisotopic (exact) mass is 358 g/mol. The zero-order valence-electron chi connectivity index (χ0n) is 15.2. The van der Waals surface area contributed by atoms with Gasteiger partial charge in [-0.2, -0.15) is 0 Å². The lowest BCUT2D eigenvalue weighted by Gasteiger charge is -2.38. The van der Waals surface area contributed by atoms with Gasteiger partial charge in [0.05, 0.1) is 6.54 Å². The van der Waals surface area contributed by atoms with Gasteiger partial charge in [-0.25, -0.2) is 4.79 Å². The van der Waals surface area contributed by atoms with E-state index in [2.05, 4.69) is 29.4 Å². The Morgan fingerprint density at radius 2 is 1.88 bits per heavy atom. The molecule has 1 N–H and O–H groups in total. The minimum atomic E-state index is -0.354. The summed E-state index contributed by atoms with van der Waals surface area (Å²) < 4.78 is 0. The van der Waals surface area contributed by atoms with E-state index in [-0.39, 0.29) is 24.4 Å². The third-order valence-corrected chi connectivity index (χ3v) is 5.24. The molecular weight excluding hydrogens is 332 g/mol. The molecule has 140 valence electrons. The number of nitrogens with one attached hydrogen (secondary N) is 1. The van der Waals surface area contributed by atoms with Crippen molar-refractivity contribution in [3.05, 3.63) is 30.3 Å². The summed E-state index contributed by atoms with van der Waals surface area (Å²) in [7, 11) is 2.11. The molecule has 0 aromatic heterocycles. The molecule has 7 nitrogen and oxygen atoms in total. The Bertz CT molecular complexity index is 640. The Labute approximate surface area is 153 Å². The number of carbonyl (C=O) groups excluding carboxylic acids is 3. The van der Waals surface area contributed by atoms with E-state index >= 15 is 0 Å². The van der Waals surface area contributed by atoms with Gasteiger partial charge < -0.3 is 15.1 Å². The van der Waals surface area contributed by atoms with Gasteiger partial charge in [0, 0.05) is 44.8 Å². The van der Waals surface area contributed by atoms with Crippen molar-refractivity contribution in [2.24, 2.45) is 0 Å². The van der Waals surface area contributed by atoms with Crippen molar-refractivity contribution in [1.82, 2.24) is 15.1 Å². The molecule has 0 bridgehead atoms. The molecule has 4 amide bonds. The Hall–Kier alpha value is -2.57. The number of nitrogens with zero attached hydrogens (tertiary/aromatic N) is 3. The summed E-state index contributed by atoms with van der Waals surface area (Å²) in [4.78, 5) is 40.8. The van der Waals surface area contributed by atoms with Gasteiger partial charge in [-0.05, 0) is 31.4 Å². The van der Waals surface area contributed by atoms with Crippen molar-refractivity contribution in [2.45, 2.75) is 31.7 Å². The largest absolute Gasteiger partial charge is 0.371 e. The molecule has 0 unspecified atom stereocenters. The molecule has 2 fully saturated rings. The molecule has 0 saturated carbocycles. The second-order valence-electron chi connectivity index (χ2n) is 6.87. The second kappa shape index (κ2) is 8.21. The van der Waals surface area contributed by atoms with Gasteiger partial charge >= 0.3 is 6.03 Å². The van der Waals surface area contributed by atoms with Crippen LogP contribution in [0.1, 0.15) is 25.7 Å². The standard InChI is InChI=1S/C19H26N4O3/c1-21(15-6-3-2-4-7-15)16-9-12-22(13-10-16)17(24)8-5-11-23-18(25)14-20-19(23)26/h2-4,6-7,16H,5,8-14H2,1H3,(H,20,26). The number of amides is 4. The fourth-order valence-corrected chi connectivity index (χ4v) is 3.60. The molecule has 2 aliphatic rings. The fourth-order valence-electron chi connectivity index (χ4n) is 3.60. The van der Waals surface area contributed by atoms with E-state index in [1.165, 1.54) is 10.6 Å². The van der Waals surface area contributed by atoms with Crippen LogP contribution in [0.15, 0.2) is 30.3 Å². The quantitative estimate of drug-likeness (QED) is 0.781. The topological polar surface area (TPSA) is 73.0 Å². The zero-order valence-corrected chi connectivity index (χ0v) is 15.2. The van der Waals surface area contributed by atoms with Crippen LogP contribution in [0.5, 0.6) is 0 Å². The van der Waals surface area contributed by atoms with Crippen molar-refractivity contribution in [2.75, 3.05) is 38.1 Å². The van der Waals surface area contributed by atoms with Crippen LogP contribution in [-0.2, 0) is 9.59 Å². The van der Waals surface area contributed by atoms with Gasteiger partial charge in [-0.3, -0.25) is 14.5 Å². The maximum atomic E-state index is 12.4. The number of para-hydroxylation sites is 1. The van der Waals surface area contributed by atoms with E-state index in [1.54, 1.807) is 0 Å². The van der Waals surface area contributed by atoms with Gasteiger partial charge in [-0.15, -0.1) is 0 Å². The van der Waals surface area contributed by atoms with Crippen LogP contribution in [0.4, 0.5) is 10.5 Å². The predicted molar refractivity (Wildman–Crippen MR) is 98.8 cm³/mol. The maximum absolute atomic E-state index is 12.4. The summed E-state index contributed by atoms with van der Waals surface area (Å²) in [5.41, 5.74) is 1.20. The molecule has 2 aliphatic heterocycles. The minimum Gasteiger partial charge on any atom is -0.371 e. The van der Waals surface area contributed by atoms with Crippen molar-refractivity contribution in [3.8, 4) is 0 Å². The van der Waals surface area contributed by atoms with Gasteiger partial charge in [0.25, 0.3) is 0 Å². The molecule has 1 aromatic carbocycles. The van der Waals surface area contributed by atoms with Crippen molar-refractivity contribution >= 4 is 23.5 Å². The number of hydrogen-bond acceptors (Lipinski definition) is 4. The third-order valence-electron chi connectivity index (χ3n) is 5.24. The van der Waals surface area contributed by atoms with Crippen LogP contribution in [0.3, 0.4) is 0 Å². The molecule has 1 aromatic rings. The maximum Gasteiger partial charge on any atom is 0.324 e. The van der Waals surface area contributed by atoms with E-state index in [1.807, 2.05) is 23.1 Å². The number of rotatable bonds is 6. The Morgan fingerprint density at radius 3 is 2.50 bits per heavy atom. The first-order chi connectivity index (χ1) is 12.6. The summed E-state index contributed by atoms with van der Waals surface area (Å²) in [5.74, 6) is -0.106. The molecule has 0 aliphatic carbocycles. The van der Waals surface area contributed by atoms with Crippen LogP contribution in [0.2, 0.25) is 0 Å². The number of anilines is 1. The highest BCUT2D eigenvalue weighted by Crippen LogP contribution is 2.22. The minimum absolute atomic E-state index is 0.0647. The third kappa shape index (κ3) is 4.15. The number of piperidine rings is 1. The average Bonchev–Trinajstić information content (AvgIpc) is 3.00. The molecule has 2 saturated heterocycles. The molecular formula is C19H26N4O3. The number of hydrogen-bond donors (Lipinski definition) is 1. The second-order valence-corrected chi connectivity index (χ2v) is 6.87. The molecule has 0 atom stereocenters. The molecule has 26 heavy (non-hydrogen) atoms. The van der Waals surface area contributed by atoms with E-state index in [4.69, 9.17) is 0 Å². The van der Waals surface area contributed by atoms with Crippen molar-refractivity contribution in [1.29, 1.82) is 0 Å². The van der Waals surface area contributed by atoms with Crippen LogP contribution in [-0.4, -0.2) is 66.9 Å². The number of likely N-dealkylation sites (tertiary alicyclic amines) is 1. The fraction of sp³-hybridized carbons (Fsp3) is 0.526. The number of imide groups is 1. The van der Waals surface area contributed by atoms with Gasteiger partial charge in [-0.1, -0.05) is 18.2 Å². The van der Waals surface area contributed by atoms with Crippen LogP contribution < -0.4 is 10.2 Å². The highest BCUT2D eigenvalue weighted by atomic mass is 16.2. The van der Waals surface area contributed by atoms with Crippen molar-refractivity contribution < 1.29 is 14.4 Å². The summed E-state index contributed by atoms with van der Waals surface area (Å²) in [6.07, 6.45) is 2.78. The summed E-state index contributed by atoms with van der Waals surface area (Å²) in [6.45, 7) is 1.88. The zero-order chi connectivity index (χ0) is 18.5. The van der Waals surface area contributed by atoms with E-state index in [0.717, 1.165) is 25.9 Å².